The molecule has 0 unspecified atom stereocenters. The molecule has 3 aromatic heterocycles. The highest BCUT2D eigenvalue weighted by Crippen LogP contribution is 2.27. The molecule has 4 aromatic rings. The molecule has 0 saturated heterocycles. The lowest BCUT2D eigenvalue weighted by Gasteiger charge is -1.99. The van der Waals surface area contributed by atoms with Crippen LogP contribution in [0.25, 0.3) is 11.3 Å². The van der Waals surface area contributed by atoms with E-state index >= 15 is 0 Å². The van der Waals surface area contributed by atoms with Gasteiger partial charge in [0.1, 0.15) is 11.5 Å². The largest absolute Gasteiger partial charge is 0.307 e. The number of imidazole rings is 1. The van der Waals surface area contributed by atoms with Gasteiger partial charge in [0.25, 0.3) is 0 Å². The van der Waals surface area contributed by atoms with E-state index in [1.807, 2.05) is 22.9 Å². The maximum Gasteiger partial charge on any atom is 0.184 e. The number of benzene rings is 1. The Morgan fingerprint density at radius 3 is 2.80 bits per heavy atom. The second kappa shape index (κ2) is 6.70. The zero-order valence-electron chi connectivity index (χ0n) is 13.2. The van der Waals surface area contributed by atoms with Gasteiger partial charge in [0, 0.05) is 18.1 Å². The molecule has 1 aromatic carbocycles. The van der Waals surface area contributed by atoms with Gasteiger partial charge in [-0.2, -0.15) is 0 Å². The Morgan fingerprint density at radius 1 is 1.24 bits per heavy atom. The van der Waals surface area contributed by atoms with Crippen molar-refractivity contribution in [1.82, 2.24) is 19.2 Å². The first-order valence-corrected chi connectivity index (χ1v) is 9.73. The van der Waals surface area contributed by atoms with Crippen LogP contribution in [-0.4, -0.2) is 19.2 Å². The number of rotatable bonds is 4. The zero-order valence-corrected chi connectivity index (χ0v) is 15.7. The second-order valence-electron chi connectivity index (χ2n) is 5.47. The van der Waals surface area contributed by atoms with E-state index in [9.17, 15) is 4.39 Å². The minimum atomic E-state index is -0.276. The summed E-state index contributed by atoms with van der Waals surface area (Å²) in [6.45, 7) is 2.05. The summed E-state index contributed by atoms with van der Waals surface area (Å²) >= 11 is 8.42. The highest BCUT2D eigenvalue weighted by atomic mass is 32.2. The molecule has 4 nitrogen and oxygen atoms in total. The van der Waals surface area contributed by atoms with Gasteiger partial charge >= 0.3 is 0 Å². The van der Waals surface area contributed by atoms with Crippen molar-refractivity contribution in [3.63, 3.8) is 0 Å². The van der Waals surface area contributed by atoms with E-state index in [0.29, 0.717) is 9.71 Å². The van der Waals surface area contributed by atoms with Gasteiger partial charge in [-0.15, -0.1) is 5.10 Å². The number of thioether (sulfide) groups is 1. The molecule has 0 atom stereocenters. The van der Waals surface area contributed by atoms with Crippen molar-refractivity contribution < 1.29 is 4.39 Å². The molecule has 8 heteroatoms. The van der Waals surface area contributed by atoms with Crippen molar-refractivity contribution in [2.75, 3.05) is 0 Å². The minimum Gasteiger partial charge on any atom is -0.307 e. The van der Waals surface area contributed by atoms with Crippen LogP contribution < -0.4 is 0 Å². The maximum absolute atomic E-state index is 13.1. The lowest BCUT2D eigenvalue weighted by Crippen LogP contribution is -1.96. The molecule has 0 amide bonds. The van der Waals surface area contributed by atoms with Crippen LogP contribution in [0.2, 0.25) is 0 Å². The van der Waals surface area contributed by atoms with E-state index in [-0.39, 0.29) is 5.82 Å². The number of pyridine rings is 1. The van der Waals surface area contributed by atoms with E-state index in [0.717, 1.165) is 26.9 Å². The normalized spacial score (nSPS) is 11.3. The molecule has 0 fully saturated rings. The number of aryl methyl sites for hydroxylation is 1. The van der Waals surface area contributed by atoms with Gasteiger partial charge in [-0.25, -0.2) is 14.1 Å². The van der Waals surface area contributed by atoms with Gasteiger partial charge in [-0.1, -0.05) is 29.2 Å². The Bertz CT molecular complexity index is 1100. The van der Waals surface area contributed by atoms with E-state index in [4.69, 9.17) is 12.2 Å². The summed E-state index contributed by atoms with van der Waals surface area (Å²) in [6.07, 6.45) is 4.03. The second-order valence-corrected chi connectivity index (χ2v) is 8.31. The molecule has 0 aliphatic carbocycles. The van der Waals surface area contributed by atoms with Crippen LogP contribution in [0.15, 0.2) is 53.1 Å². The monoisotopic (exact) mass is 388 g/mol. The summed E-state index contributed by atoms with van der Waals surface area (Å²) < 4.78 is 18.3. The number of fused-ring (bicyclic) bond motifs is 1. The van der Waals surface area contributed by atoms with Crippen LogP contribution in [0.1, 0.15) is 11.3 Å². The Hall–Kier alpha value is -2.03. The van der Waals surface area contributed by atoms with E-state index < -0.39 is 0 Å². The van der Waals surface area contributed by atoms with E-state index in [1.54, 1.807) is 28.6 Å². The average molecular weight is 389 g/mol. The van der Waals surface area contributed by atoms with Crippen LogP contribution in [-0.2, 0) is 5.75 Å². The van der Waals surface area contributed by atoms with Crippen LogP contribution in [0.3, 0.4) is 0 Å². The van der Waals surface area contributed by atoms with Gasteiger partial charge in [0.2, 0.25) is 0 Å². The van der Waals surface area contributed by atoms with Gasteiger partial charge in [0.15, 0.2) is 8.29 Å². The van der Waals surface area contributed by atoms with Crippen molar-refractivity contribution in [2.24, 2.45) is 0 Å². The standard InChI is InChI=1S/C17H13FN4S3/c1-11-3-2-8-21-9-13(19-15(11)21)10-24-16-20-22(17(23)25-16)14-6-4-12(18)5-7-14/h2-9H,10H2,1H3. The summed E-state index contributed by atoms with van der Waals surface area (Å²) in [6, 6.07) is 10.2. The fourth-order valence-electron chi connectivity index (χ4n) is 2.47. The lowest BCUT2D eigenvalue weighted by atomic mass is 10.3. The van der Waals surface area contributed by atoms with Crippen LogP contribution >= 0.6 is 35.3 Å². The van der Waals surface area contributed by atoms with Crippen molar-refractivity contribution in [3.05, 3.63) is 69.8 Å². The van der Waals surface area contributed by atoms with Crippen molar-refractivity contribution in [3.8, 4) is 5.69 Å². The van der Waals surface area contributed by atoms with Gasteiger partial charge < -0.3 is 4.40 Å². The SMILES string of the molecule is Cc1cccn2cc(CSc3nn(-c4ccc(F)cc4)c(=S)s3)nc12. The molecule has 0 aliphatic heterocycles. The first-order valence-electron chi connectivity index (χ1n) is 7.52. The number of nitrogens with zero attached hydrogens (tertiary/aromatic N) is 4. The first kappa shape index (κ1) is 16.4. The minimum absolute atomic E-state index is 0.276. The summed E-state index contributed by atoms with van der Waals surface area (Å²) in [7, 11) is 0. The third-order valence-corrected chi connectivity index (χ3v) is 6.07. The fourth-order valence-corrected chi connectivity index (χ4v) is 4.72. The highest BCUT2D eigenvalue weighted by Gasteiger charge is 2.09. The molecule has 0 bridgehead atoms. The molecular formula is C17H13FN4S3. The van der Waals surface area contributed by atoms with Crippen molar-refractivity contribution >= 4 is 41.0 Å². The smallest absolute Gasteiger partial charge is 0.184 e. The summed E-state index contributed by atoms with van der Waals surface area (Å²) in [5, 5.41) is 4.53. The van der Waals surface area contributed by atoms with Crippen molar-refractivity contribution in [1.29, 1.82) is 0 Å². The fraction of sp³-hybridized carbons (Fsp3) is 0.118. The van der Waals surface area contributed by atoms with Crippen LogP contribution in [0.5, 0.6) is 0 Å². The quantitative estimate of drug-likeness (QED) is 0.362. The molecule has 0 saturated carbocycles. The zero-order chi connectivity index (χ0) is 17.4. The molecular weight excluding hydrogens is 375 g/mol. The molecule has 25 heavy (non-hydrogen) atoms. The lowest BCUT2D eigenvalue weighted by molar-refractivity contribution is 0.627. The van der Waals surface area contributed by atoms with Crippen molar-refractivity contribution in [2.45, 2.75) is 17.0 Å². The van der Waals surface area contributed by atoms with Gasteiger partial charge in [0.05, 0.1) is 11.4 Å². The summed E-state index contributed by atoms with van der Waals surface area (Å²) in [4.78, 5) is 4.67. The third-order valence-electron chi connectivity index (χ3n) is 3.67. The Balaban J connectivity index is 1.55. The predicted octanol–water partition coefficient (Wildman–Crippen LogP) is 5.05. The average Bonchev–Trinajstić information content (AvgIpc) is 3.18. The highest BCUT2D eigenvalue weighted by molar-refractivity contribution is 8.00. The third kappa shape index (κ3) is 3.37. The molecule has 0 radical (unpaired) electrons. The van der Waals surface area contributed by atoms with Gasteiger partial charge in [-0.3, -0.25) is 0 Å². The molecule has 3 heterocycles. The Morgan fingerprint density at radius 2 is 2.04 bits per heavy atom. The Labute approximate surface area is 157 Å². The Kier molecular flexibility index (Phi) is 4.41. The molecule has 126 valence electrons. The summed E-state index contributed by atoms with van der Waals surface area (Å²) in [5.41, 5.74) is 3.88. The number of aromatic nitrogens is 4. The number of hydrogen-bond donors (Lipinski definition) is 0. The molecule has 4 rings (SSSR count). The number of hydrogen-bond acceptors (Lipinski definition) is 5. The van der Waals surface area contributed by atoms with Gasteiger partial charge in [-0.05, 0) is 55.0 Å². The van der Waals surface area contributed by atoms with E-state index in [1.165, 1.54) is 23.5 Å². The summed E-state index contributed by atoms with van der Waals surface area (Å²) in [5.74, 6) is 0.439. The topological polar surface area (TPSA) is 35.1 Å². The maximum atomic E-state index is 13.1. The molecule has 0 N–H and O–H groups in total. The van der Waals surface area contributed by atoms with Crippen LogP contribution in [0.4, 0.5) is 4.39 Å². The molecule has 0 spiro atoms. The number of halogens is 1. The molecule has 0 aliphatic rings. The first-order chi connectivity index (χ1) is 12.1. The van der Waals surface area contributed by atoms with Crippen LogP contribution in [0, 0.1) is 16.7 Å². The van der Waals surface area contributed by atoms with E-state index in [2.05, 4.69) is 23.1 Å². The predicted molar refractivity (Wildman–Crippen MR) is 102 cm³/mol.